The van der Waals surface area contributed by atoms with Crippen molar-refractivity contribution in [3.05, 3.63) is 54.6 Å². The molecule has 0 aliphatic heterocycles. The van der Waals surface area contributed by atoms with Crippen molar-refractivity contribution in [2.75, 3.05) is 6.61 Å². The van der Waals surface area contributed by atoms with Crippen molar-refractivity contribution in [2.24, 2.45) is 0 Å². The highest BCUT2D eigenvalue weighted by atomic mass is 16.5. The van der Waals surface area contributed by atoms with Gasteiger partial charge in [0.2, 0.25) is 0 Å². The standard InChI is InChI=1S/C14H11NO2/c15-10-11-16-12-6-8-14(9-7-12)17-13-4-2-1-3-5-13/h1-9H,11H2. The fourth-order valence-electron chi connectivity index (χ4n) is 1.34. The summed E-state index contributed by atoms with van der Waals surface area (Å²) in [6.07, 6.45) is 0. The first-order valence-corrected chi connectivity index (χ1v) is 5.21. The second-order valence-corrected chi connectivity index (χ2v) is 3.33. The molecule has 0 spiro atoms. The number of rotatable bonds is 4. The quantitative estimate of drug-likeness (QED) is 0.801. The Bertz CT molecular complexity index is 500. The highest BCUT2D eigenvalue weighted by Gasteiger charge is 1.97. The van der Waals surface area contributed by atoms with Crippen LogP contribution in [-0.2, 0) is 0 Å². The summed E-state index contributed by atoms with van der Waals surface area (Å²) in [6, 6.07) is 18.6. The molecule has 0 aromatic heterocycles. The Labute approximate surface area is 99.8 Å². The molecule has 2 rings (SSSR count). The SMILES string of the molecule is N#CCOc1ccc(Oc2ccccc2)cc1. The molecule has 3 nitrogen and oxygen atoms in total. The smallest absolute Gasteiger partial charge is 0.174 e. The van der Waals surface area contributed by atoms with Gasteiger partial charge in [-0.15, -0.1) is 0 Å². The Hall–Kier alpha value is -2.47. The molecule has 17 heavy (non-hydrogen) atoms. The molecule has 0 saturated heterocycles. The monoisotopic (exact) mass is 225 g/mol. The lowest BCUT2D eigenvalue weighted by Gasteiger charge is -2.06. The third-order valence-electron chi connectivity index (χ3n) is 2.11. The summed E-state index contributed by atoms with van der Waals surface area (Å²) in [7, 11) is 0. The van der Waals surface area contributed by atoms with Gasteiger partial charge in [-0.25, -0.2) is 0 Å². The Morgan fingerprint density at radius 2 is 1.41 bits per heavy atom. The molecule has 2 aromatic rings. The van der Waals surface area contributed by atoms with Gasteiger partial charge in [0, 0.05) is 0 Å². The van der Waals surface area contributed by atoms with E-state index in [1.54, 1.807) is 24.3 Å². The van der Waals surface area contributed by atoms with Crippen molar-refractivity contribution < 1.29 is 9.47 Å². The van der Waals surface area contributed by atoms with Crippen molar-refractivity contribution in [1.29, 1.82) is 5.26 Å². The van der Waals surface area contributed by atoms with E-state index in [4.69, 9.17) is 14.7 Å². The van der Waals surface area contributed by atoms with E-state index in [1.165, 1.54) is 0 Å². The molecule has 0 aliphatic carbocycles. The second-order valence-electron chi connectivity index (χ2n) is 3.33. The predicted molar refractivity (Wildman–Crippen MR) is 64.1 cm³/mol. The van der Waals surface area contributed by atoms with Crippen molar-refractivity contribution in [2.45, 2.75) is 0 Å². The van der Waals surface area contributed by atoms with Gasteiger partial charge in [0.05, 0.1) is 0 Å². The highest BCUT2D eigenvalue weighted by molar-refractivity contribution is 5.35. The molecule has 0 aliphatic rings. The second kappa shape index (κ2) is 5.57. The summed E-state index contributed by atoms with van der Waals surface area (Å²) < 4.78 is 10.8. The van der Waals surface area contributed by atoms with Crippen molar-refractivity contribution in [3.8, 4) is 23.3 Å². The van der Waals surface area contributed by atoms with Crippen LogP contribution < -0.4 is 9.47 Å². The van der Waals surface area contributed by atoms with Crippen LogP contribution in [0, 0.1) is 11.3 Å². The maximum absolute atomic E-state index is 8.38. The fourth-order valence-corrected chi connectivity index (χ4v) is 1.34. The minimum atomic E-state index is 0.0545. The Morgan fingerprint density at radius 3 is 2.06 bits per heavy atom. The largest absolute Gasteiger partial charge is 0.479 e. The number of para-hydroxylation sites is 1. The van der Waals surface area contributed by atoms with Crippen LogP contribution >= 0.6 is 0 Å². The van der Waals surface area contributed by atoms with Gasteiger partial charge in [-0.3, -0.25) is 0 Å². The number of benzene rings is 2. The van der Waals surface area contributed by atoms with Crippen molar-refractivity contribution >= 4 is 0 Å². The molecular formula is C14H11NO2. The van der Waals surface area contributed by atoms with E-state index in [-0.39, 0.29) is 6.61 Å². The zero-order valence-electron chi connectivity index (χ0n) is 9.17. The van der Waals surface area contributed by atoms with E-state index in [2.05, 4.69) is 0 Å². The van der Waals surface area contributed by atoms with E-state index in [0.717, 1.165) is 11.5 Å². The predicted octanol–water partition coefficient (Wildman–Crippen LogP) is 3.38. The average molecular weight is 225 g/mol. The van der Waals surface area contributed by atoms with E-state index in [0.29, 0.717) is 5.75 Å². The molecule has 2 aromatic carbocycles. The molecule has 0 atom stereocenters. The fraction of sp³-hybridized carbons (Fsp3) is 0.0714. The van der Waals surface area contributed by atoms with E-state index in [9.17, 15) is 0 Å². The first-order chi connectivity index (χ1) is 8.38. The maximum atomic E-state index is 8.38. The lowest BCUT2D eigenvalue weighted by Crippen LogP contribution is -1.92. The van der Waals surface area contributed by atoms with Gasteiger partial charge in [-0.05, 0) is 36.4 Å². The van der Waals surface area contributed by atoms with Gasteiger partial charge in [0.15, 0.2) is 6.61 Å². The third kappa shape index (κ3) is 3.25. The molecule has 3 heteroatoms. The molecule has 0 heterocycles. The molecule has 84 valence electrons. The summed E-state index contributed by atoms with van der Waals surface area (Å²) in [5, 5.41) is 8.38. The molecule has 0 unspecified atom stereocenters. The number of ether oxygens (including phenoxy) is 2. The zero-order chi connectivity index (χ0) is 11.9. The minimum Gasteiger partial charge on any atom is -0.479 e. The Morgan fingerprint density at radius 1 is 0.824 bits per heavy atom. The lowest BCUT2D eigenvalue weighted by atomic mass is 10.3. The average Bonchev–Trinajstić information content (AvgIpc) is 2.39. The summed E-state index contributed by atoms with van der Waals surface area (Å²) in [5.41, 5.74) is 0. The van der Waals surface area contributed by atoms with Crippen LogP contribution in [0.2, 0.25) is 0 Å². The lowest BCUT2D eigenvalue weighted by molar-refractivity contribution is 0.367. The summed E-state index contributed by atoms with van der Waals surface area (Å²) in [5.74, 6) is 2.19. The number of hydrogen-bond acceptors (Lipinski definition) is 3. The van der Waals surface area contributed by atoms with Crippen LogP contribution in [0.4, 0.5) is 0 Å². The molecule has 0 N–H and O–H groups in total. The Kier molecular flexibility index (Phi) is 3.61. The van der Waals surface area contributed by atoms with Gasteiger partial charge in [0.25, 0.3) is 0 Å². The van der Waals surface area contributed by atoms with Gasteiger partial charge in [-0.1, -0.05) is 18.2 Å². The first kappa shape index (κ1) is 11.0. The van der Waals surface area contributed by atoms with Crippen LogP contribution in [0.15, 0.2) is 54.6 Å². The van der Waals surface area contributed by atoms with E-state index < -0.39 is 0 Å². The van der Waals surface area contributed by atoms with Crippen LogP contribution in [-0.4, -0.2) is 6.61 Å². The van der Waals surface area contributed by atoms with Gasteiger partial charge >= 0.3 is 0 Å². The van der Waals surface area contributed by atoms with Crippen molar-refractivity contribution in [3.63, 3.8) is 0 Å². The normalized spacial score (nSPS) is 9.35. The van der Waals surface area contributed by atoms with Crippen molar-refractivity contribution in [1.82, 2.24) is 0 Å². The van der Waals surface area contributed by atoms with Gasteiger partial charge < -0.3 is 9.47 Å². The molecule has 0 fully saturated rings. The van der Waals surface area contributed by atoms with E-state index in [1.807, 2.05) is 36.4 Å². The minimum absolute atomic E-state index is 0.0545. The molecule has 0 bridgehead atoms. The number of nitrogens with zero attached hydrogens (tertiary/aromatic N) is 1. The zero-order valence-corrected chi connectivity index (χ0v) is 9.17. The van der Waals surface area contributed by atoms with Gasteiger partial charge in [0.1, 0.15) is 23.3 Å². The Balaban J connectivity index is 2.01. The first-order valence-electron chi connectivity index (χ1n) is 5.21. The summed E-state index contributed by atoms with van der Waals surface area (Å²) in [6.45, 7) is 0.0545. The van der Waals surface area contributed by atoms with Crippen LogP contribution in [0.25, 0.3) is 0 Å². The van der Waals surface area contributed by atoms with Crippen LogP contribution in [0.5, 0.6) is 17.2 Å². The molecule has 0 amide bonds. The number of hydrogen-bond donors (Lipinski definition) is 0. The molecule has 0 radical (unpaired) electrons. The van der Waals surface area contributed by atoms with Crippen LogP contribution in [0.1, 0.15) is 0 Å². The topological polar surface area (TPSA) is 42.2 Å². The van der Waals surface area contributed by atoms with Gasteiger partial charge in [-0.2, -0.15) is 5.26 Å². The summed E-state index contributed by atoms with van der Waals surface area (Å²) >= 11 is 0. The third-order valence-corrected chi connectivity index (χ3v) is 2.11. The van der Waals surface area contributed by atoms with E-state index >= 15 is 0 Å². The highest BCUT2D eigenvalue weighted by Crippen LogP contribution is 2.23. The maximum Gasteiger partial charge on any atom is 0.174 e. The number of nitriles is 1. The summed E-state index contributed by atoms with van der Waals surface area (Å²) in [4.78, 5) is 0. The molecular weight excluding hydrogens is 214 g/mol. The molecule has 0 saturated carbocycles. The van der Waals surface area contributed by atoms with Crippen LogP contribution in [0.3, 0.4) is 0 Å².